The standard InChI is InChI=1S/C14H17N3O3/c1-14(2,3)17(4)13(18)19-12-8-11(16-20-12)10-6-5-7-15-9-10/h5-9H,1-4H3. The van der Waals surface area contributed by atoms with Gasteiger partial charge in [0.2, 0.25) is 0 Å². The molecule has 0 aliphatic rings. The minimum Gasteiger partial charge on any atom is -0.374 e. The second-order valence-electron chi connectivity index (χ2n) is 5.37. The lowest BCUT2D eigenvalue weighted by Crippen LogP contribution is -2.43. The molecule has 1 amide bonds. The van der Waals surface area contributed by atoms with Crippen molar-refractivity contribution < 1.29 is 14.1 Å². The largest absolute Gasteiger partial charge is 0.417 e. The molecule has 2 rings (SSSR count). The van der Waals surface area contributed by atoms with E-state index in [9.17, 15) is 4.79 Å². The lowest BCUT2D eigenvalue weighted by Gasteiger charge is -2.30. The van der Waals surface area contributed by atoms with Crippen LogP contribution in [0.15, 0.2) is 35.1 Å². The van der Waals surface area contributed by atoms with Crippen molar-refractivity contribution in [3.63, 3.8) is 0 Å². The summed E-state index contributed by atoms with van der Waals surface area (Å²) in [5, 5.41) is 3.85. The summed E-state index contributed by atoms with van der Waals surface area (Å²) in [6.07, 6.45) is 2.83. The van der Waals surface area contributed by atoms with E-state index in [1.165, 1.54) is 4.90 Å². The highest BCUT2D eigenvalue weighted by Crippen LogP contribution is 2.23. The maximum atomic E-state index is 11.9. The summed E-state index contributed by atoms with van der Waals surface area (Å²) in [5.74, 6) is 0.0601. The van der Waals surface area contributed by atoms with Gasteiger partial charge in [0.05, 0.1) is 6.07 Å². The van der Waals surface area contributed by atoms with Gasteiger partial charge in [-0.3, -0.25) is 4.98 Å². The molecule has 0 spiro atoms. The topological polar surface area (TPSA) is 68.5 Å². The van der Waals surface area contributed by atoms with Crippen LogP contribution in [0.3, 0.4) is 0 Å². The number of pyridine rings is 1. The van der Waals surface area contributed by atoms with Crippen LogP contribution in [0, 0.1) is 0 Å². The molecule has 0 unspecified atom stereocenters. The quantitative estimate of drug-likeness (QED) is 0.842. The third-order valence-corrected chi connectivity index (χ3v) is 2.91. The predicted molar refractivity (Wildman–Crippen MR) is 73.3 cm³/mol. The maximum absolute atomic E-state index is 11.9. The van der Waals surface area contributed by atoms with Gasteiger partial charge >= 0.3 is 12.0 Å². The molecule has 0 aliphatic heterocycles. The molecule has 20 heavy (non-hydrogen) atoms. The van der Waals surface area contributed by atoms with Crippen molar-refractivity contribution in [1.82, 2.24) is 15.0 Å². The second-order valence-corrected chi connectivity index (χ2v) is 5.37. The third-order valence-electron chi connectivity index (χ3n) is 2.91. The van der Waals surface area contributed by atoms with Gasteiger partial charge in [0.1, 0.15) is 5.69 Å². The molecular weight excluding hydrogens is 258 g/mol. The Kier molecular flexibility index (Phi) is 3.74. The van der Waals surface area contributed by atoms with Crippen molar-refractivity contribution in [2.75, 3.05) is 7.05 Å². The van der Waals surface area contributed by atoms with Crippen LogP contribution in [0.2, 0.25) is 0 Å². The highest BCUT2D eigenvalue weighted by atomic mass is 16.7. The number of nitrogens with zero attached hydrogens (tertiary/aromatic N) is 3. The van der Waals surface area contributed by atoms with E-state index in [4.69, 9.17) is 9.26 Å². The molecule has 0 radical (unpaired) electrons. The SMILES string of the molecule is CN(C(=O)Oc1cc(-c2cccnc2)no1)C(C)(C)C. The van der Waals surface area contributed by atoms with E-state index in [-0.39, 0.29) is 11.5 Å². The molecule has 0 atom stereocenters. The fraction of sp³-hybridized carbons (Fsp3) is 0.357. The van der Waals surface area contributed by atoms with Gasteiger partial charge in [-0.1, -0.05) is 5.16 Å². The molecule has 0 saturated heterocycles. The molecule has 106 valence electrons. The maximum Gasteiger partial charge on any atom is 0.417 e. The molecule has 0 aromatic carbocycles. The van der Waals surface area contributed by atoms with Crippen LogP contribution in [0.25, 0.3) is 11.3 Å². The number of rotatable bonds is 2. The summed E-state index contributed by atoms with van der Waals surface area (Å²) >= 11 is 0. The molecule has 0 aliphatic carbocycles. The summed E-state index contributed by atoms with van der Waals surface area (Å²) in [7, 11) is 1.67. The lowest BCUT2D eigenvalue weighted by molar-refractivity contribution is 0.112. The first-order valence-electron chi connectivity index (χ1n) is 6.20. The monoisotopic (exact) mass is 275 g/mol. The van der Waals surface area contributed by atoms with Crippen molar-refractivity contribution >= 4 is 6.09 Å². The third kappa shape index (κ3) is 3.14. The van der Waals surface area contributed by atoms with Gasteiger partial charge in [-0.05, 0) is 32.9 Å². The Morgan fingerprint density at radius 2 is 2.15 bits per heavy atom. The first-order valence-corrected chi connectivity index (χ1v) is 6.20. The molecule has 0 N–H and O–H groups in total. The van der Waals surface area contributed by atoms with E-state index < -0.39 is 6.09 Å². The van der Waals surface area contributed by atoms with Crippen LogP contribution in [-0.4, -0.2) is 33.7 Å². The normalized spacial score (nSPS) is 11.2. The number of ether oxygens (including phenoxy) is 1. The van der Waals surface area contributed by atoms with Gasteiger partial charge in [-0.25, -0.2) is 4.79 Å². The van der Waals surface area contributed by atoms with Crippen LogP contribution in [0.1, 0.15) is 20.8 Å². The Bertz CT molecular complexity index is 587. The fourth-order valence-electron chi connectivity index (χ4n) is 1.39. The number of hydrogen-bond acceptors (Lipinski definition) is 5. The van der Waals surface area contributed by atoms with Crippen molar-refractivity contribution in [2.45, 2.75) is 26.3 Å². The zero-order valence-electron chi connectivity index (χ0n) is 12.0. The van der Waals surface area contributed by atoms with Crippen LogP contribution < -0.4 is 4.74 Å². The average Bonchev–Trinajstić information content (AvgIpc) is 2.86. The summed E-state index contributed by atoms with van der Waals surface area (Å²) < 4.78 is 10.1. The summed E-state index contributed by atoms with van der Waals surface area (Å²) in [6, 6.07) is 5.20. The minimum atomic E-state index is -0.494. The fourth-order valence-corrected chi connectivity index (χ4v) is 1.39. The Balaban J connectivity index is 2.09. The highest BCUT2D eigenvalue weighted by molar-refractivity contribution is 5.71. The smallest absolute Gasteiger partial charge is 0.374 e. The molecule has 6 heteroatoms. The van der Waals surface area contributed by atoms with Gasteiger partial charge in [0, 0.05) is 30.5 Å². The van der Waals surface area contributed by atoms with Gasteiger partial charge in [0.25, 0.3) is 0 Å². The van der Waals surface area contributed by atoms with Gasteiger partial charge in [0.15, 0.2) is 0 Å². The van der Waals surface area contributed by atoms with Gasteiger partial charge in [-0.2, -0.15) is 0 Å². The molecule has 0 bridgehead atoms. The Labute approximate surface area is 117 Å². The minimum absolute atomic E-state index is 0.0601. The number of aromatic nitrogens is 2. The van der Waals surface area contributed by atoms with Crippen molar-refractivity contribution in [2.24, 2.45) is 0 Å². The zero-order valence-corrected chi connectivity index (χ0v) is 12.0. The average molecular weight is 275 g/mol. The molecule has 2 aromatic rings. The Morgan fingerprint density at radius 1 is 1.40 bits per heavy atom. The molecular formula is C14H17N3O3. The first kappa shape index (κ1) is 14.0. The van der Waals surface area contributed by atoms with Gasteiger partial charge < -0.3 is 14.2 Å². The molecule has 2 heterocycles. The number of hydrogen-bond donors (Lipinski definition) is 0. The van der Waals surface area contributed by atoms with E-state index in [0.29, 0.717) is 5.69 Å². The molecule has 2 aromatic heterocycles. The first-order chi connectivity index (χ1) is 9.38. The van der Waals surface area contributed by atoms with Crippen molar-refractivity contribution in [1.29, 1.82) is 0 Å². The van der Waals surface area contributed by atoms with Crippen LogP contribution in [0.4, 0.5) is 4.79 Å². The Hall–Kier alpha value is -2.37. The van der Waals surface area contributed by atoms with Crippen molar-refractivity contribution in [3.05, 3.63) is 30.6 Å². The molecule has 6 nitrogen and oxygen atoms in total. The molecule has 0 saturated carbocycles. The van der Waals surface area contributed by atoms with Crippen LogP contribution in [0.5, 0.6) is 5.95 Å². The van der Waals surface area contributed by atoms with E-state index in [1.807, 2.05) is 26.8 Å². The number of amides is 1. The van der Waals surface area contributed by atoms with E-state index in [2.05, 4.69) is 10.1 Å². The predicted octanol–water partition coefficient (Wildman–Crippen LogP) is 2.97. The van der Waals surface area contributed by atoms with Crippen LogP contribution in [-0.2, 0) is 0 Å². The van der Waals surface area contributed by atoms with Gasteiger partial charge in [-0.15, -0.1) is 0 Å². The zero-order chi connectivity index (χ0) is 14.8. The van der Waals surface area contributed by atoms with Crippen molar-refractivity contribution in [3.8, 4) is 17.2 Å². The second kappa shape index (κ2) is 5.32. The molecule has 0 fully saturated rings. The van der Waals surface area contributed by atoms with E-state index in [0.717, 1.165) is 5.56 Å². The highest BCUT2D eigenvalue weighted by Gasteiger charge is 2.25. The Morgan fingerprint density at radius 3 is 2.75 bits per heavy atom. The summed E-state index contributed by atoms with van der Waals surface area (Å²) in [4.78, 5) is 17.4. The van der Waals surface area contributed by atoms with E-state index in [1.54, 1.807) is 31.6 Å². The summed E-state index contributed by atoms with van der Waals surface area (Å²) in [6.45, 7) is 5.74. The number of carbonyl (C=O) groups is 1. The van der Waals surface area contributed by atoms with E-state index >= 15 is 0 Å². The van der Waals surface area contributed by atoms with Crippen LogP contribution >= 0.6 is 0 Å². The lowest BCUT2D eigenvalue weighted by atomic mass is 10.1. The summed E-state index contributed by atoms with van der Waals surface area (Å²) in [5.41, 5.74) is 1.03. The number of carbonyl (C=O) groups excluding carboxylic acids is 1.